The number of piperidine rings is 1. The van der Waals surface area contributed by atoms with Crippen molar-refractivity contribution in [1.82, 2.24) is 19.0 Å². The zero-order valence-corrected chi connectivity index (χ0v) is 18.4. The smallest absolute Gasteiger partial charge is 0.321 e. The second kappa shape index (κ2) is 8.70. The quantitative estimate of drug-likeness (QED) is 0.587. The first-order chi connectivity index (χ1) is 15.9. The molecule has 1 aliphatic heterocycles. The van der Waals surface area contributed by atoms with E-state index in [2.05, 4.69) is 9.88 Å². The fourth-order valence-electron chi connectivity index (χ4n) is 4.67. The van der Waals surface area contributed by atoms with E-state index in [-0.39, 0.29) is 27.4 Å². The molecule has 0 N–H and O–H groups in total. The van der Waals surface area contributed by atoms with Gasteiger partial charge in [-0.1, -0.05) is 6.42 Å². The molecule has 0 atom stereocenters. The Morgan fingerprint density at radius 2 is 1.70 bits per heavy atom. The number of nitrogens with zero attached hydrogens (tertiary/aromatic N) is 4. The average molecular weight is 456 g/mol. The molecule has 3 aromatic rings. The van der Waals surface area contributed by atoms with E-state index in [1.165, 1.54) is 29.9 Å². The number of ether oxygens (including phenoxy) is 1. The molecule has 2 aromatic heterocycles. The molecule has 2 aliphatic rings. The number of pyridine rings is 1. The van der Waals surface area contributed by atoms with Gasteiger partial charge < -0.3 is 9.64 Å². The first kappa shape index (κ1) is 21.8. The molecular weight excluding hydrogens is 430 g/mol. The highest BCUT2D eigenvalue weighted by Gasteiger charge is 2.29. The minimum absolute atomic E-state index is 0.0105. The van der Waals surface area contributed by atoms with Crippen molar-refractivity contribution < 1.29 is 13.5 Å². The molecule has 0 unspecified atom stereocenters. The van der Waals surface area contributed by atoms with E-state index in [4.69, 9.17) is 4.74 Å². The molecule has 3 heterocycles. The molecule has 0 bridgehead atoms. The normalized spacial score (nSPS) is 18.1. The third-order valence-corrected chi connectivity index (χ3v) is 6.86. The monoisotopic (exact) mass is 456 g/mol. The molecule has 9 heteroatoms. The van der Waals surface area contributed by atoms with Crippen LogP contribution in [-0.2, 0) is 7.05 Å². The van der Waals surface area contributed by atoms with Crippen LogP contribution in [0, 0.1) is 0 Å². The number of likely N-dealkylation sites (tertiary alicyclic amines) is 1. The van der Waals surface area contributed by atoms with Gasteiger partial charge in [-0.15, -0.1) is 0 Å². The van der Waals surface area contributed by atoms with Crippen molar-refractivity contribution in [2.24, 2.45) is 7.05 Å². The molecule has 0 amide bonds. The summed E-state index contributed by atoms with van der Waals surface area (Å²) in [7, 11) is 1.54. The number of fused-ring (bicyclic) bond motifs is 1. The molecule has 174 valence electrons. The summed E-state index contributed by atoms with van der Waals surface area (Å²) >= 11 is 0. The second-order valence-electron chi connectivity index (χ2n) is 8.83. The van der Waals surface area contributed by atoms with E-state index in [0.717, 1.165) is 43.9 Å². The van der Waals surface area contributed by atoms with Gasteiger partial charge in [-0.25, -0.2) is 4.98 Å². The molecule has 2 fully saturated rings. The Hall–Kier alpha value is -3.07. The number of rotatable bonds is 5. The highest BCUT2D eigenvalue weighted by atomic mass is 19.3. The van der Waals surface area contributed by atoms with Crippen LogP contribution in [-0.4, -0.2) is 44.3 Å². The molecule has 0 radical (unpaired) electrons. The minimum atomic E-state index is -3.01. The van der Waals surface area contributed by atoms with Gasteiger partial charge in [0.25, 0.3) is 11.1 Å². The van der Waals surface area contributed by atoms with Gasteiger partial charge in [0.1, 0.15) is 23.2 Å². The van der Waals surface area contributed by atoms with E-state index < -0.39 is 17.7 Å². The third kappa shape index (κ3) is 4.06. The van der Waals surface area contributed by atoms with Crippen LogP contribution in [0.5, 0.6) is 5.75 Å². The highest BCUT2D eigenvalue weighted by Crippen LogP contribution is 2.29. The van der Waals surface area contributed by atoms with E-state index in [1.807, 2.05) is 12.1 Å². The van der Waals surface area contributed by atoms with Crippen molar-refractivity contribution in [2.75, 3.05) is 13.1 Å². The zero-order chi connectivity index (χ0) is 23.1. The van der Waals surface area contributed by atoms with Crippen LogP contribution >= 0.6 is 0 Å². The lowest BCUT2D eigenvalue weighted by atomic mass is 9.90. The van der Waals surface area contributed by atoms with Crippen LogP contribution < -0.4 is 15.9 Å². The van der Waals surface area contributed by atoms with E-state index in [9.17, 15) is 18.4 Å². The highest BCUT2D eigenvalue weighted by molar-refractivity contribution is 5.78. The maximum absolute atomic E-state index is 13.1. The number of hydrogen-bond acceptors (Lipinski definition) is 5. The first-order valence-corrected chi connectivity index (χ1v) is 11.3. The summed E-state index contributed by atoms with van der Waals surface area (Å²) in [5, 5.41) is 0.0105. The predicted molar refractivity (Wildman–Crippen MR) is 121 cm³/mol. The van der Waals surface area contributed by atoms with E-state index >= 15 is 0 Å². The van der Waals surface area contributed by atoms with Gasteiger partial charge in [-0.05, 0) is 56.0 Å². The summed E-state index contributed by atoms with van der Waals surface area (Å²) in [5.74, 6) is 0.962. The van der Waals surface area contributed by atoms with Gasteiger partial charge in [-0.2, -0.15) is 8.78 Å². The Labute approximate surface area is 189 Å². The van der Waals surface area contributed by atoms with Crippen molar-refractivity contribution in [3.05, 3.63) is 57.2 Å². The molecular formula is C24H26F2N4O3. The molecule has 0 spiro atoms. The van der Waals surface area contributed by atoms with Gasteiger partial charge >= 0.3 is 6.55 Å². The molecule has 1 aliphatic carbocycles. The molecule has 1 aromatic carbocycles. The van der Waals surface area contributed by atoms with Crippen molar-refractivity contribution in [3.8, 4) is 17.1 Å². The summed E-state index contributed by atoms with van der Waals surface area (Å²) in [5.41, 5.74) is -1.13. The number of benzene rings is 1. The summed E-state index contributed by atoms with van der Waals surface area (Å²) in [6.07, 6.45) is 7.05. The zero-order valence-electron chi connectivity index (χ0n) is 18.4. The Balaban J connectivity index is 1.37. The SMILES string of the molecule is Cn1c(-c2ccc(OC3CCN(C4CCC4)CC3)cc2)nc2c(=O)n(C(F)F)ccc2c1=O. The Bertz CT molecular complexity index is 1270. The molecule has 5 rings (SSSR count). The maximum Gasteiger partial charge on any atom is 0.321 e. The Morgan fingerprint density at radius 3 is 2.30 bits per heavy atom. The molecule has 1 saturated carbocycles. The second-order valence-corrected chi connectivity index (χ2v) is 8.83. The summed E-state index contributed by atoms with van der Waals surface area (Å²) in [6, 6.07) is 9.12. The number of alkyl halides is 2. The van der Waals surface area contributed by atoms with Gasteiger partial charge in [-0.3, -0.25) is 18.7 Å². The molecule has 1 saturated heterocycles. The lowest BCUT2D eigenvalue weighted by molar-refractivity contribution is 0.0493. The van der Waals surface area contributed by atoms with Crippen LogP contribution in [0.2, 0.25) is 0 Å². The Kier molecular flexibility index (Phi) is 5.74. The molecule has 33 heavy (non-hydrogen) atoms. The largest absolute Gasteiger partial charge is 0.490 e. The summed E-state index contributed by atoms with van der Waals surface area (Å²) in [6.45, 7) is -0.882. The van der Waals surface area contributed by atoms with Crippen molar-refractivity contribution in [2.45, 2.75) is 50.8 Å². The van der Waals surface area contributed by atoms with E-state index in [0.29, 0.717) is 5.56 Å². The van der Waals surface area contributed by atoms with Crippen LogP contribution in [0.3, 0.4) is 0 Å². The van der Waals surface area contributed by atoms with Crippen LogP contribution in [0.1, 0.15) is 38.7 Å². The summed E-state index contributed by atoms with van der Waals surface area (Å²) in [4.78, 5) is 32.0. The van der Waals surface area contributed by atoms with Crippen molar-refractivity contribution in [1.29, 1.82) is 0 Å². The van der Waals surface area contributed by atoms with Crippen LogP contribution in [0.4, 0.5) is 8.78 Å². The lowest BCUT2D eigenvalue weighted by Gasteiger charge is -2.41. The maximum atomic E-state index is 13.1. The van der Waals surface area contributed by atoms with Gasteiger partial charge in [0, 0.05) is 37.9 Å². The van der Waals surface area contributed by atoms with E-state index in [1.54, 1.807) is 19.2 Å². The minimum Gasteiger partial charge on any atom is -0.490 e. The lowest BCUT2D eigenvalue weighted by Crippen LogP contribution is -2.46. The Morgan fingerprint density at radius 1 is 1.00 bits per heavy atom. The third-order valence-electron chi connectivity index (χ3n) is 6.86. The average Bonchev–Trinajstić information content (AvgIpc) is 2.77. The number of hydrogen-bond donors (Lipinski definition) is 0. The topological polar surface area (TPSA) is 69.4 Å². The van der Waals surface area contributed by atoms with Crippen molar-refractivity contribution in [3.63, 3.8) is 0 Å². The first-order valence-electron chi connectivity index (χ1n) is 11.3. The van der Waals surface area contributed by atoms with Crippen molar-refractivity contribution >= 4 is 10.9 Å². The van der Waals surface area contributed by atoms with Gasteiger partial charge in [0.2, 0.25) is 0 Å². The van der Waals surface area contributed by atoms with Crippen LogP contribution in [0.25, 0.3) is 22.3 Å². The standard InChI is InChI=1S/C24H26F2N4O3/c1-28-21(27-20-19(22(28)31)11-14-30(23(20)32)24(25)26)15-5-7-17(8-6-15)33-18-9-12-29(13-10-18)16-3-2-4-16/h5-8,11,14,16,18,24H,2-4,9-10,12-13H2,1H3. The van der Waals surface area contributed by atoms with Crippen LogP contribution in [0.15, 0.2) is 46.1 Å². The van der Waals surface area contributed by atoms with Gasteiger partial charge in [0.05, 0.1) is 5.39 Å². The van der Waals surface area contributed by atoms with Gasteiger partial charge in [0.15, 0.2) is 0 Å². The predicted octanol–water partition coefficient (Wildman–Crippen LogP) is 3.55. The number of halogens is 2. The fourth-order valence-corrected chi connectivity index (χ4v) is 4.67. The number of aromatic nitrogens is 3. The fraction of sp³-hybridized carbons (Fsp3) is 0.458. The molecule has 7 nitrogen and oxygen atoms in total. The summed E-state index contributed by atoms with van der Waals surface area (Å²) < 4.78 is 34.0.